The van der Waals surface area contributed by atoms with Crippen LogP contribution in [0.3, 0.4) is 0 Å². The Kier molecular flexibility index (Phi) is 4.53. The van der Waals surface area contributed by atoms with Crippen molar-refractivity contribution >= 4 is 29.0 Å². The zero-order valence-corrected chi connectivity index (χ0v) is 14.5. The van der Waals surface area contributed by atoms with Crippen LogP contribution in [0, 0.1) is 11.3 Å². The lowest BCUT2D eigenvalue weighted by molar-refractivity contribution is 0.951. The van der Waals surface area contributed by atoms with Gasteiger partial charge in [0.05, 0.1) is 28.4 Å². The van der Waals surface area contributed by atoms with Gasteiger partial charge >= 0.3 is 0 Å². The van der Waals surface area contributed by atoms with E-state index in [1.807, 2.05) is 30.5 Å². The topological polar surface area (TPSA) is 102 Å². The minimum atomic E-state index is 0.492. The Bertz CT molecular complexity index is 962. The molecule has 0 amide bonds. The molecule has 4 rings (SSSR count). The minimum Gasteiger partial charge on any atom is -0.354 e. The van der Waals surface area contributed by atoms with Crippen molar-refractivity contribution in [3.05, 3.63) is 65.5 Å². The molecule has 3 aromatic rings. The Balaban J connectivity index is 1.52. The van der Waals surface area contributed by atoms with E-state index in [-0.39, 0.29) is 0 Å². The Labute approximate surface area is 154 Å². The number of thioether (sulfide) groups is 1. The summed E-state index contributed by atoms with van der Waals surface area (Å²) in [6.07, 6.45) is 5.93. The van der Waals surface area contributed by atoms with Crippen molar-refractivity contribution in [1.82, 2.24) is 19.9 Å². The molecular formula is C18H15N7S. The molecule has 0 saturated carbocycles. The molecule has 0 unspecified atom stereocenters. The SMILES string of the molecule is N#C/C(=C1/Nc2ccccc2S1)c1ccnc(NCCc2c[nH]cn2)n1. The maximum absolute atomic E-state index is 9.66. The van der Waals surface area contributed by atoms with Gasteiger partial charge in [-0.3, -0.25) is 0 Å². The number of benzene rings is 1. The molecule has 7 nitrogen and oxygen atoms in total. The highest BCUT2D eigenvalue weighted by Gasteiger charge is 2.20. The Hall–Kier alpha value is -3.31. The van der Waals surface area contributed by atoms with Crippen LogP contribution in [0.1, 0.15) is 11.4 Å². The van der Waals surface area contributed by atoms with E-state index in [1.54, 1.807) is 18.6 Å². The maximum Gasteiger partial charge on any atom is 0.223 e. The summed E-state index contributed by atoms with van der Waals surface area (Å²) >= 11 is 1.54. The molecule has 26 heavy (non-hydrogen) atoms. The monoisotopic (exact) mass is 361 g/mol. The van der Waals surface area contributed by atoms with Gasteiger partial charge in [0.1, 0.15) is 11.6 Å². The van der Waals surface area contributed by atoms with Crippen molar-refractivity contribution < 1.29 is 0 Å². The number of aromatic amines is 1. The molecule has 0 saturated heterocycles. The quantitative estimate of drug-likeness (QED) is 0.599. The van der Waals surface area contributed by atoms with Crippen LogP contribution >= 0.6 is 11.8 Å². The van der Waals surface area contributed by atoms with E-state index in [0.717, 1.165) is 27.7 Å². The molecule has 0 aliphatic carbocycles. The summed E-state index contributed by atoms with van der Waals surface area (Å²) in [5.74, 6) is 0.492. The highest BCUT2D eigenvalue weighted by atomic mass is 32.2. The summed E-state index contributed by atoms with van der Waals surface area (Å²) in [5, 5.41) is 16.9. The van der Waals surface area contributed by atoms with Crippen molar-refractivity contribution in [2.75, 3.05) is 17.2 Å². The van der Waals surface area contributed by atoms with Gasteiger partial charge in [-0.1, -0.05) is 23.9 Å². The fourth-order valence-corrected chi connectivity index (χ4v) is 3.58. The lowest BCUT2D eigenvalue weighted by Gasteiger charge is -2.07. The average molecular weight is 361 g/mol. The molecule has 0 spiro atoms. The van der Waals surface area contributed by atoms with Crippen molar-refractivity contribution in [3.8, 4) is 6.07 Å². The molecule has 0 atom stereocenters. The van der Waals surface area contributed by atoms with E-state index >= 15 is 0 Å². The number of anilines is 2. The van der Waals surface area contributed by atoms with Gasteiger partial charge in [-0.2, -0.15) is 5.26 Å². The van der Waals surface area contributed by atoms with Gasteiger partial charge < -0.3 is 15.6 Å². The van der Waals surface area contributed by atoms with Crippen molar-refractivity contribution in [3.63, 3.8) is 0 Å². The first-order valence-corrected chi connectivity index (χ1v) is 8.88. The molecular weight excluding hydrogens is 346 g/mol. The number of para-hydroxylation sites is 1. The Morgan fingerprint density at radius 1 is 1.23 bits per heavy atom. The largest absolute Gasteiger partial charge is 0.354 e. The lowest BCUT2D eigenvalue weighted by atomic mass is 10.2. The first kappa shape index (κ1) is 16.2. The third kappa shape index (κ3) is 3.38. The van der Waals surface area contributed by atoms with Gasteiger partial charge in [-0.25, -0.2) is 15.0 Å². The molecule has 3 N–H and O–H groups in total. The van der Waals surface area contributed by atoms with Crippen molar-refractivity contribution in [1.29, 1.82) is 5.26 Å². The highest BCUT2D eigenvalue weighted by molar-refractivity contribution is 8.04. The van der Waals surface area contributed by atoms with Gasteiger partial charge in [0.15, 0.2) is 0 Å². The molecule has 2 aromatic heterocycles. The molecule has 128 valence electrons. The fraction of sp³-hybridized carbons (Fsp3) is 0.111. The second kappa shape index (κ2) is 7.29. The van der Waals surface area contributed by atoms with Gasteiger partial charge in [-0.15, -0.1) is 0 Å². The average Bonchev–Trinajstić information content (AvgIpc) is 3.32. The smallest absolute Gasteiger partial charge is 0.223 e. The zero-order chi connectivity index (χ0) is 17.8. The first-order chi connectivity index (χ1) is 12.8. The number of nitrogens with zero attached hydrogens (tertiary/aromatic N) is 4. The molecule has 0 fully saturated rings. The van der Waals surface area contributed by atoms with E-state index in [2.05, 4.69) is 36.6 Å². The number of H-pyrrole nitrogens is 1. The molecule has 1 aliphatic heterocycles. The number of nitriles is 1. The molecule has 1 aromatic carbocycles. The van der Waals surface area contributed by atoms with E-state index in [4.69, 9.17) is 0 Å². The van der Waals surface area contributed by atoms with Crippen LogP contribution in [0.4, 0.5) is 11.6 Å². The number of allylic oxidation sites excluding steroid dienone is 1. The van der Waals surface area contributed by atoms with Crippen LogP contribution in [-0.2, 0) is 6.42 Å². The summed E-state index contributed by atoms with van der Waals surface area (Å²) in [4.78, 5) is 16.9. The molecule has 3 heterocycles. The van der Waals surface area contributed by atoms with Crippen LogP contribution in [-0.4, -0.2) is 26.5 Å². The van der Waals surface area contributed by atoms with Gasteiger partial charge in [0.2, 0.25) is 5.95 Å². The molecule has 1 aliphatic rings. The first-order valence-electron chi connectivity index (χ1n) is 8.07. The predicted molar refractivity (Wildman–Crippen MR) is 101 cm³/mol. The lowest BCUT2D eigenvalue weighted by Crippen LogP contribution is -2.09. The highest BCUT2D eigenvalue weighted by Crippen LogP contribution is 2.43. The minimum absolute atomic E-state index is 0.492. The van der Waals surface area contributed by atoms with Gasteiger partial charge in [0, 0.05) is 30.3 Å². The number of hydrogen-bond acceptors (Lipinski definition) is 7. The van der Waals surface area contributed by atoms with Crippen molar-refractivity contribution in [2.24, 2.45) is 0 Å². The third-order valence-electron chi connectivity index (χ3n) is 3.82. The summed E-state index contributed by atoms with van der Waals surface area (Å²) in [6.45, 7) is 0.658. The second-order valence-electron chi connectivity index (χ2n) is 5.54. The number of fused-ring (bicyclic) bond motifs is 1. The summed E-state index contributed by atoms with van der Waals surface area (Å²) in [5.41, 5.74) is 3.07. The fourth-order valence-electron chi connectivity index (χ4n) is 2.57. The number of aromatic nitrogens is 4. The van der Waals surface area contributed by atoms with Crippen LogP contribution < -0.4 is 10.6 Å². The number of rotatable bonds is 5. The third-order valence-corrected chi connectivity index (χ3v) is 4.90. The predicted octanol–water partition coefficient (Wildman–Crippen LogP) is 3.26. The molecule has 0 bridgehead atoms. The van der Waals surface area contributed by atoms with E-state index in [0.29, 0.717) is 23.8 Å². The van der Waals surface area contributed by atoms with Crippen molar-refractivity contribution in [2.45, 2.75) is 11.3 Å². The normalized spacial score (nSPS) is 14.3. The van der Waals surface area contributed by atoms with E-state index in [1.165, 1.54) is 11.8 Å². The van der Waals surface area contributed by atoms with Crippen LogP contribution in [0.25, 0.3) is 5.57 Å². The van der Waals surface area contributed by atoms with Gasteiger partial charge in [0.25, 0.3) is 0 Å². The van der Waals surface area contributed by atoms with Crippen LogP contribution in [0.2, 0.25) is 0 Å². The summed E-state index contributed by atoms with van der Waals surface area (Å²) in [6, 6.07) is 12.0. The van der Waals surface area contributed by atoms with Crippen LogP contribution in [0.5, 0.6) is 0 Å². The summed E-state index contributed by atoms with van der Waals surface area (Å²) in [7, 11) is 0. The maximum atomic E-state index is 9.66. The van der Waals surface area contributed by atoms with Crippen LogP contribution in [0.15, 0.2) is 59.0 Å². The molecule has 8 heteroatoms. The summed E-state index contributed by atoms with van der Waals surface area (Å²) < 4.78 is 0. The zero-order valence-electron chi connectivity index (χ0n) is 13.7. The number of nitrogens with one attached hydrogen (secondary N) is 3. The van der Waals surface area contributed by atoms with E-state index in [9.17, 15) is 5.26 Å². The van der Waals surface area contributed by atoms with Gasteiger partial charge in [-0.05, 0) is 18.2 Å². The standard InChI is InChI=1S/C18H15N7S/c19-9-13(17-24-15-3-1-2-4-16(15)26-17)14-6-8-22-18(25-14)21-7-5-12-10-20-11-23-12/h1-4,6,8,10-11,24H,5,7H2,(H,20,23)(H,21,22,25)/b17-13+. The van der Waals surface area contributed by atoms with E-state index < -0.39 is 0 Å². The second-order valence-corrected chi connectivity index (χ2v) is 6.59. The Morgan fingerprint density at radius 2 is 2.15 bits per heavy atom. The Morgan fingerprint density at radius 3 is 2.96 bits per heavy atom. The number of imidazole rings is 1. The number of hydrogen-bond donors (Lipinski definition) is 3. The molecule has 0 radical (unpaired) electrons.